The summed E-state index contributed by atoms with van der Waals surface area (Å²) in [5.41, 5.74) is 1.22. The van der Waals surface area contributed by atoms with Crippen molar-refractivity contribution in [1.82, 2.24) is 14.0 Å². The molecule has 1 aliphatic heterocycles. The van der Waals surface area contributed by atoms with Crippen molar-refractivity contribution in [1.29, 1.82) is 0 Å². The van der Waals surface area contributed by atoms with Crippen LogP contribution in [0.1, 0.15) is 25.3 Å². The largest absolute Gasteiger partial charge is 0.508 e. The van der Waals surface area contributed by atoms with Crippen LogP contribution in [0.3, 0.4) is 0 Å². The van der Waals surface area contributed by atoms with Gasteiger partial charge in [0.15, 0.2) is 0 Å². The molecule has 7 nitrogen and oxygen atoms in total. The van der Waals surface area contributed by atoms with Crippen molar-refractivity contribution in [2.45, 2.75) is 26.3 Å². The number of para-hydroxylation sites is 1. The predicted octanol–water partition coefficient (Wildman–Crippen LogP) is 5.59. The second-order valence-corrected chi connectivity index (χ2v) is 11.1. The number of hydrogen-bond acceptors (Lipinski definition) is 4. The summed E-state index contributed by atoms with van der Waals surface area (Å²) >= 11 is 0. The van der Waals surface area contributed by atoms with Gasteiger partial charge >= 0.3 is 11.1 Å². The first kappa shape index (κ1) is 27.2. The Kier molecular flexibility index (Phi) is 6.77. The molecule has 1 N–H and O–H groups in total. The van der Waals surface area contributed by atoms with Crippen LogP contribution in [0.5, 0.6) is 5.75 Å². The third-order valence-electron chi connectivity index (χ3n) is 8.05. The third kappa shape index (κ3) is 4.49. The van der Waals surface area contributed by atoms with Crippen LogP contribution in [0.25, 0.3) is 38.6 Å². The number of aromatic nitrogens is 2. The fourth-order valence-electron chi connectivity index (χ4n) is 5.95. The molecule has 4 aromatic carbocycles. The Labute approximate surface area is 241 Å². The Morgan fingerprint density at radius 2 is 1.69 bits per heavy atom. The van der Waals surface area contributed by atoms with Gasteiger partial charge in [-0.1, -0.05) is 62.9 Å². The van der Waals surface area contributed by atoms with Crippen LogP contribution in [0.2, 0.25) is 0 Å². The molecule has 6 rings (SSSR count). The molecule has 42 heavy (non-hydrogen) atoms. The number of aromatic hydroxyl groups is 1. The molecule has 1 aliphatic rings. The topological polar surface area (TPSA) is 84.5 Å². The highest BCUT2D eigenvalue weighted by atomic mass is 19.1. The predicted molar refractivity (Wildman–Crippen MR) is 163 cm³/mol. The molecule has 8 heteroatoms. The Balaban J connectivity index is 1.64. The van der Waals surface area contributed by atoms with Crippen molar-refractivity contribution < 1.29 is 14.3 Å². The molecule has 0 spiro atoms. The molecule has 0 bridgehead atoms. The van der Waals surface area contributed by atoms with Crippen molar-refractivity contribution in [2.24, 2.45) is 5.92 Å². The number of phenols is 1. The molecule has 212 valence electrons. The van der Waals surface area contributed by atoms with E-state index in [1.165, 1.54) is 27.3 Å². The van der Waals surface area contributed by atoms with Gasteiger partial charge in [0, 0.05) is 37.2 Å². The number of likely N-dealkylation sites (tertiary alicyclic amines) is 1. The summed E-state index contributed by atoms with van der Waals surface area (Å²) in [4.78, 5) is 41.1. The van der Waals surface area contributed by atoms with Crippen molar-refractivity contribution in [2.75, 3.05) is 13.1 Å². The molecule has 0 atom stereocenters. The van der Waals surface area contributed by atoms with Crippen LogP contribution in [0.4, 0.5) is 4.39 Å². The number of rotatable bonds is 6. The molecular weight excluding hydrogens is 533 g/mol. The fraction of sp³-hybridized carbons (Fsp3) is 0.206. The lowest BCUT2D eigenvalue weighted by Crippen LogP contribution is -2.52. The van der Waals surface area contributed by atoms with Crippen molar-refractivity contribution in [3.8, 4) is 22.6 Å². The lowest BCUT2D eigenvalue weighted by atomic mass is 9.96. The monoisotopic (exact) mass is 563 g/mol. The number of hydrogen-bond donors (Lipinski definition) is 1. The first-order valence-electron chi connectivity index (χ1n) is 13.9. The van der Waals surface area contributed by atoms with Gasteiger partial charge in [0.2, 0.25) is 5.91 Å². The van der Waals surface area contributed by atoms with Gasteiger partial charge in [-0.25, -0.2) is 4.39 Å². The maximum absolute atomic E-state index is 16.1. The molecule has 2 heterocycles. The number of carbonyl (C=O) groups excluding carboxylic acids is 1. The number of carbonyl (C=O) groups is 1. The molecule has 1 saturated heterocycles. The lowest BCUT2D eigenvalue weighted by Gasteiger charge is -2.39. The van der Waals surface area contributed by atoms with Gasteiger partial charge in [-0.05, 0) is 58.2 Å². The first-order valence-corrected chi connectivity index (χ1v) is 13.9. The van der Waals surface area contributed by atoms with Crippen molar-refractivity contribution in [3.63, 3.8) is 0 Å². The quantitative estimate of drug-likeness (QED) is 0.216. The second-order valence-electron chi connectivity index (χ2n) is 11.1. The second kappa shape index (κ2) is 10.4. The molecule has 1 aromatic heterocycles. The molecular formula is C34H30FN3O4. The number of benzene rings is 4. The van der Waals surface area contributed by atoms with E-state index in [1.54, 1.807) is 29.2 Å². The zero-order valence-electron chi connectivity index (χ0n) is 23.4. The lowest BCUT2D eigenvalue weighted by molar-refractivity contribution is -0.132. The minimum absolute atomic E-state index is 0.0145. The van der Waals surface area contributed by atoms with Crippen molar-refractivity contribution >= 4 is 27.7 Å². The highest BCUT2D eigenvalue weighted by molar-refractivity contribution is 5.99. The van der Waals surface area contributed by atoms with Crippen LogP contribution in [-0.2, 0) is 11.3 Å². The van der Waals surface area contributed by atoms with E-state index in [0.717, 1.165) is 16.3 Å². The summed E-state index contributed by atoms with van der Waals surface area (Å²) < 4.78 is 18.8. The molecule has 0 saturated carbocycles. The third-order valence-corrected chi connectivity index (χ3v) is 8.05. The summed E-state index contributed by atoms with van der Waals surface area (Å²) in [5, 5.41) is 12.0. The van der Waals surface area contributed by atoms with Crippen molar-refractivity contribution in [3.05, 3.63) is 118 Å². The minimum atomic E-state index is -0.760. The molecule has 1 fully saturated rings. The SMILES string of the molecule is C=CC(=O)N1CC(Cn2c(=O)c(=O)n(-c3ccccc3C(C)C)c3cc(-c4cc(O)cc5ccccc45)c(F)cc32)C1. The summed E-state index contributed by atoms with van der Waals surface area (Å²) in [6.45, 7) is 8.50. The van der Waals surface area contributed by atoms with E-state index in [4.69, 9.17) is 0 Å². The van der Waals surface area contributed by atoms with Crippen LogP contribution in [-0.4, -0.2) is 38.1 Å². The van der Waals surface area contributed by atoms with Gasteiger partial charge in [-0.15, -0.1) is 0 Å². The minimum Gasteiger partial charge on any atom is -0.508 e. The van der Waals surface area contributed by atoms with Gasteiger partial charge in [0.1, 0.15) is 11.6 Å². The average molecular weight is 564 g/mol. The van der Waals surface area contributed by atoms with Crippen LogP contribution in [0.15, 0.2) is 95.0 Å². The van der Waals surface area contributed by atoms with Gasteiger partial charge in [-0.3, -0.25) is 19.0 Å². The molecule has 0 aliphatic carbocycles. The van der Waals surface area contributed by atoms with E-state index in [1.807, 2.05) is 50.2 Å². The van der Waals surface area contributed by atoms with E-state index in [0.29, 0.717) is 29.9 Å². The van der Waals surface area contributed by atoms with Crippen LogP contribution in [0, 0.1) is 11.7 Å². The summed E-state index contributed by atoms with van der Waals surface area (Å²) in [5.74, 6) is -0.835. The Morgan fingerprint density at radius 3 is 2.43 bits per heavy atom. The number of nitrogens with zero attached hydrogens (tertiary/aromatic N) is 3. The standard InChI is InChI=1S/C34H30FN3O4/c1-4-32(40)36-17-21(18-36)19-37-30-16-28(35)27(26-14-23(39)13-22-9-5-6-11-25(22)26)15-31(30)38(34(42)33(37)41)29-12-8-7-10-24(29)20(2)3/h4-16,20-21,39H,1,17-19H2,2-3H3. The van der Waals surface area contributed by atoms with Gasteiger partial charge in [0.05, 0.1) is 16.7 Å². The van der Waals surface area contributed by atoms with E-state index < -0.39 is 16.9 Å². The van der Waals surface area contributed by atoms with E-state index in [-0.39, 0.29) is 41.1 Å². The van der Waals surface area contributed by atoms with E-state index >= 15 is 4.39 Å². The normalized spacial score (nSPS) is 13.6. The van der Waals surface area contributed by atoms with Gasteiger partial charge in [0.25, 0.3) is 0 Å². The zero-order valence-corrected chi connectivity index (χ0v) is 23.4. The smallest absolute Gasteiger partial charge is 0.321 e. The summed E-state index contributed by atoms with van der Waals surface area (Å²) in [6.07, 6.45) is 1.24. The Morgan fingerprint density at radius 1 is 0.976 bits per heavy atom. The Bertz CT molecular complexity index is 2020. The zero-order chi connectivity index (χ0) is 29.7. The maximum atomic E-state index is 16.1. The summed E-state index contributed by atoms with van der Waals surface area (Å²) in [7, 11) is 0. The number of phenolic OH excluding ortho intramolecular Hbond substituents is 1. The highest BCUT2D eigenvalue weighted by Crippen LogP contribution is 2.36. The van der Waals surface area contributed by atoms with E-state index in [9.17, 15) is 19.5 Å². The fourth-order valence-corrected chi connectivity index (χ4v) is 5.95. The maximum Gasteiger partial charge on any atom is 0.321 e. The molecule has 5 aromatic rings. The van der Waals surface area contributed by atoms with E-state index in [2.05, 4.69) is 6.58 Å². The first-order chi connectivity index (χ1) is 20.2. The highest BCUT2D eigenvalue weighted by Gasteiger charge is 2.31. The molecule has 0 radical (unpaired) electrons. The molecule has 0 unspecified atom stereocenters. The Hall–Kier alpha value is -4.98. The van der Waals surface area contributed by atoms with Gasteiger partial charge < -0.3 is 14.6 Å². The summed E-state index contributed by atoms with van der Waals surface area (Å²) in [6, 6.07) is 20.8. The molecule has 1 amide bonds. The number of amides is 1. The van der Waals surface area contributed by atoms with Gasteiger partial charge in [-0.2, -0.15) is 0 Å². The average Bonchev–Trinajstić information content (AvgIpc) is 2.96. The van der Waals surface area contributed by atoms with Crippen LogP contribution >= 0.6 is 0 Å². The van der Waals surface area contributed by atoms with Crippen LogP contribution < -0.4 is 11.1 Å². The number of fused-ring (bicyclic) bond motifs is 2. The number of halogens is 1.